The van der Waals surface area contributed by atoms with E-state index in [0.717, 1.165) is 51.4 Å². The number of hydrogen-bond donors (Lipinski definition) is 2. The van der Waals surface area contributed by atoms with Crippen molar-refractivity contribution in [2.75, 3.05) is 0 Å². The van der Waals surface area contributed by atoms with Gasteiger partial charge in [-0.25, -0.2) is 0 Å². The molecular weight excluding hydrogens is 268 g/mol. The monoisotopic (exact) mass is 292 g/mol. The minimum atomic E-state index is -0.975. The zero-order valence-corrected chi connectivity index (χ0v) is 11.7. The highest BCUT2D eigenvalue weighted by molar-refractivity contribution is 4.63. The third kappa shape index (κ3) is 5.98. The van der Waals surface area contributed by atoms with Crippen molar-refractivity contribution in [3.05, 3.63) is 10.4 Å². The van der Waals surface area contributed by atoms with Crippen LogP contribution in [0.25, 0.3) is 0 Å². The zero-order valence-electron chi connectivity index (χ0n) is 11.7. The Bertz CT molecular complexity index is 232. The first-order valence-corrected chi connectivity index (χ1v) is 7.50. The van der Waals surface area contributed by atoms with Crippen molar-refractivity contribution in [2.45, 2.75) is 76.4 Å². The summed E-state index contributed by atoms with van der Waals surface area (Å²) in [5, 5.41) is 20.7. The molecule has 2 atom stereocenters. The third-order valence-corrected chi connectivity index (χ3v) is 3.81. The lowest BCUT2D eigenvalue weighted by Gasteiger charge is -2.26. The van der Waals surface area contributed by atoms with E-state index in [1.54, 1.807) is 0 Å². The van der Waals surface area contributed by atoms with Gasteiger partial charge in [0.25, 0.3) is 0 Å². The van der Waals surface area contributed by atoms with E-state index < -0.39 is 10.8 Å². The summed E-state index contributed by atoms with van der Waals surface area (Å²) in [5.41, 5.74) is 0. The molecule has 0 radical (unpaired) electrons. The molecule has 0 aromatic heterocycles. The van der Waals surface area contributed by atoms with Gasteiger partial charge in [-0.3, -0.25) is 0 Å². The van der Waals surface area contributed by atoms with Gasteiger partial charge < -0.3 is 10.4 Å². The van der Waals surface area contributed by atoms with Gasteiger partial charge in [0.2, 0.25) is 0 Å². The van der Waals surface area contributed by atoms with Crippen molar-refractivity contribution in [1.82, 2.24) is 0 Å². The topological polar surface area (TPSA) is 91.9 Å². The van der Waals surface area contributed by atoms with E-state index in [2.05, 4.69) is 9.98 Å². The van der Waals surface area contributed by atoms with E-state index in [9.17, 15) is 10.4 Å². The normalized spacial score (nSPS) is 25.5. The fourth-order valence-corrected chi connectivity index (χ4v) is 2.75. The summed E-state index contributed by atoms with van der Waals surface area (Å²) < 4.78 is 0. The first-order chi connectivity index (χ1) is 9.74. The Balaban J connectivity index is 1.55. The SMILES string of the molecule is [O-][NH+](OO[NH+]([O-])OC1CCCCC1)OC1CCCCC1. The molecule has 2 saturated carbocycles. The van der Waals surface area contributed by atoms with Crippen LogP contribution in [0.5, 0.6) is 0 Å². The van der Waals surface area contributed by atoms with Gasteiger partial charge in [-0.05, 0) is 36.5 Å². The molecule has 0 aliphatic heterocycles. The fourth-order valence-electron chi connectivity index (χ4n) is 2.75. The third-order valence-electron chi connectivity index (χ3n) is 3.81. The largest absolute Gasteiger partial charge is 0.563 e. The molecule has 0 saturated heterocycles. The molecule has 0 amide bonds. The van der Waals surface area contributed by atoms with Crippen LogP contribution in [-0.4, -0.2) is 12.2 Å². The lowest BCUT2D eigenvalue weighted by atomic mass is 9.98. The fraction of sp³-hybridized carbons (Fsp3) is 1.00. The van der Waals surface area contributed by atoms with Gasteiger partial charge >= 0.3 is 0 Å². The summed E-state index contributed by atoms with van der Waals surface area (Å²) in [6.45, 7) is 0. The Kier molecular flexibility index (Phi) is 7.11. The van der Waals surface area contributed by atoms with Gasteiger partial charge in [-0.15, -0.1) is 0 Å². The maximum atomic E-state index is 11.3. The van der Waals surface area contributed by atoms with Crippen LogP contribution < -0.4 is 10.8 Å². The zero-order chi connectivity index (χ0) is 14.2. The van der Waals surface area contributed by atoms with Crippen LogP contribution >= 0.6 is 0 Å². The van der Waals surface area contributed by atoms with E-state index in [0.29, 0.717) is 0 Å². The van der Waals surface area contributed by atoms with Gasteiger partial charge in [0.1, 0.15) is 12.2 Å². The lowest BCUT2D eigenvalue weighted by molar-refractivity contribution is -1.36. The summed E-state index contributed by atoms with van der Waals surface area (Å²) in [4.78, 5) is 18.7. The number of hydrogen-bond acceptors (Lipinski definition) is 6. The predicted octanol–water partition coefficient (Wildman–Crippen LogP) is 0.0586. The Labute approximate surface area is 118 Å². The van der Waals surface area contributed by atoms with Crippen LogP contribution in [0.2, 0.25) is 0 Å². The summed E-state index contributed by atoms with van der Waals surface area (Å²) in [6, 6.07) is 0. The predicted molar refractivity (Wildman–Crippen MR) is 66.7 cm³/mol. The Morgan fingerprint density at radius 3 is 1.30 bits per heavy atom. The molecule has 2 unspecified atom stereocenters. The van der Waals surface area contributed by atoms with Crippen LogP contribution in [0.15, 0.2) is 0 Å². The number of rotatable bonds is 7. The number of nitrogens with one attached hydrogen (secondary N) is 2. The average molecular weight is 292 g/mol. The van der Waals surface area contributed by atoms with Crippen molar-refractivity contribution in [3.8, 4) is 0 Å². The Hall–Kier alpha value is -0.320. The van der Waals surface area contributed by atoms with Gasteiger partial charge in [0.05, 0.1) is 9.98 Å². The van der Waals surface area contributed by atoms with Crippen molar-refractivity contribution in [1.29, 1.82) is 0 Å². The summed E-state index contributed by atoms with van der Waals surface area (Å²) in [6.07, 6.45) is 9.59. The summed E-state index contributed by atoms with van der Waals surface area (Å²) in [5.74, 6) is 0. The highest BCUT2D eigenvalue weighted by atomic mass is 17.5. The van der Waals surface area contributed by atoms with Crippen molar-refractivity contribution in [2.24, 2.45) is 0 Å². The molecule has 2 fully saturated rings. The molecule has 0 aromatic carbocycles. The van der Waals surface area contributed by atoms with Crippen LogP contribution in [0.1, 0.15) is 64.2 Å². The second-order valence-corrected chi connectivity index (χ2v) is 5.42. The average Bonchev–Trinajstić information content (AvgIpc) is 2.47. The quantitative estimate of drug-likeness (QED) is 0.509. The van der Waals surface area contributed by atoms with Crippen molar-refractivity contribution < 1.29 is 30.4 Å². The summed E-state index contributed by atoms with van der Waals surface area (Å²) in [7, 11) is 0. The van der Waals surface area contributed by atoms with Gasteiger partial charge in [-0.2, -0.15) is 9.68 Å². The van der Waals surface area contributed by atoms with Crippen LogP contribution in [0, 0.1) is 10.4 Å². The molecular formula is C12H24N2O6. The molecule has 8 heteroatoms. The van der Waals surface area contributed by atoms with E-state index >= 15 is 0 Å². The molecule has 0 spiro atoms. The maximum absolute atomic E-state index is 11.3. The van der Waals surface area contributed by atoms with Crippen molar-refractivity contribution in [3.63, 3.8) is 0 Å². The van der Waals surface area contributed by atoms with E-state index in [4.69, 9.17) is 9.68 Å². The van der Waals surface area contributed by atoms with E-state index in [1.165, 1.54) is 12.8 Å². The second kappa shape index (κ2) is 8.85. The Morgan fingerprint density at radius 2 is 0.950 bits per heavy atom. The van der Waals surface area contributed by atoms with Crippen LogP contribution in [0.4, 0.5) is 0 Å². The molecule has 2 aliphatic rings. The molecule has 0 bridgehead atoms. The molecule has 2 rings (SSSR count). The van der Waals surface area contributed by atoms with Crippen molar-refractivity contribution >= 4 is 0 Å². The second-order valence-electron chi connectivity index (χ2n) is 5.42. The summed E-state index contributed by atoms with van der Waals surface area (Å²) >= 11 is 0. The number of quaternary nitrogens is 2. The minimum Gasteiger partial charge on any atom is -0.563 e. The van der Waals surface area contributed by atoms with Gasteiger partial charge in [-0.1, -0.05) is 38.5 Å². The Morgan fingerprint density at radius 1 is 0.600 bits per heavy atom. The molecule has 2 aliphatic carbocycles. The van der Waals surface area contributed by atoms with Gasteiger partial charge in [0, 0.05) is 0 Å². The van der Waals surface area contributed by atoms with E-state index in [1.807, 2.05) is 0 Å². The molecule has 0 heterocycles. The molecule has 20 heavy (non-hydrogen) atoms. The van der Waals surface area contributed by atoms with Crippen LogP contribution in [-0.2, 0) is 19.7 Å². The first-order valence-electron chi connectivity index (χ1n) is 7.50. The highest BCUT2D eigenvalue weighted by Crippen LogP contribution is 2.19. The highest BCUT2D eigenvalue weighted by Gasteiger charge is 2.21. The standard InChI is InChI=1S/C12H24N2O6/c15-13(17-11-7-3-1-4-8-11)19-20-14(16)18-12-9-5-2-6-10-12/h11-14H,1-10H2. The molecule has 0 aromatic rings. The minimum absolute atomic E-state index is 0.130. The molecule has 8 nitrogen and oxygen atoms in total. The maximum Gasteiger partial charge on any atom is 0.121 e. The van der Waals surface area contributed by atoms with E-state index in [-0.39, 0.29) is 12.2 Å². The van der Waals surface area contributed by atoms with Gasteiger partial charge in [0.15, 0.2) is 0 Å². The molecule has 118 valence electrons. The lowest BCUT2D eigenvalue weighted by Crippen LogP contribution is -3.13. The first kappa shape index (κ1) is 16.1. The van der Waals surface area contributed by atoms with Crippen LogP contribution in [0.3, 0.4) is 0 Å². The molecule has 2 N–H and O–H groups in total. The smallest absolute Gasteiger partial charge is 0.121 e.